The van der Waals surface area contributed by atoms with Crippen molar-refractivity contribution in [2.45, 2.75) is 57.3 Å². The van der Waals surface area contributed by atoms with Gasteiger partial charge in [0, 0.05) is 39.6 Å². The molecule has 0 aliphatic carbocycles. The molecule has 19 heteroatoms. The predicted octanol–water partition coefficient (Wildman–Crippen LogP) is 3.86. The first-order valence-electron chi connectivity index (χ1n) is 13.4. The second-order valence-corrected chi connectivity index (χ2v) is 12.3. The van der Waals surface area contributed by atoms with E-state index in [-0.39, 0.29) is 11.7 Å². The summed E-state index contributed by atoms with van der Waals surface area (Å²) in [6.45, 7) is 2.98. The quantitative estimate of drug-likeness (QED) is 0.355. The maximum atomic E-state index is 13.0. The number of piperidine rings is 1. The highest BCUT2D eigenvalue weighted by Gasteiger charge is 2.39. The minimum Gasteiger partial charge on any atom is -0.475 e. The summed E-state index contributed by atoms with van der Waals surface area (Å²) in [4.78, 5) is 38.0. The number of carboxylic acids is 2. The normalized spacial score (nSPS) is 18.4. The first-order valence-corrected chi connectivity index (χ1v) is 15.2. The van der Waals surface area contributed by atoms with E-state index in [0.717, 1.165) is 42.8 Å². The van der Waals surface area contributed by atoms with E-state index in [2.05, 4.69) is 10.00 Å². The molecule has 0 saturated carbocycles. The smallest absolute Gasteiger partial charge is 0.475 e. The topological polar surface area (TPSA) is 163 Å². The molecule has 248 valence electrons. The number of hydrogen-bond acceptors (Lipinski definition) is 8. The van der Waals surface area contributed by atoms with Gasteiger partial charge in [-0.1, -0.05) is 12.8 Å². The molecule has 0 amide bonds. The van der Waals surface area contributed by atoms with Crippen molar-refractivity contribution in [3.63, 3.8) is 0 Å². The lowest BCUT2D eigenvalue weighted by molar-refractivity contribution is -0.193. The van der Waals surface area contributed by atoms with Crippen LogP contribution in [0.1, 0.15) is 55.4 Å². The van der Waals surface area contributed by atoms with Gasteiger partial charge >= 0.3 is 24.3 Å². The Bertz CT molecular complexity index is 1400. The van der Waals surface area contributed by atoms with E-state index < -0.39 is 34.3 Å². The molecule has 0 spiro atoms. The molecule has 0 aromatic carbocycles. The summed E-state index contributed by atoms with van der Waals surface area (Å²) in [6, 6.07) is 3.96. The third-order valence-corrected chi connectivity index (χ3v) is 8.05. The van der Waals surface area contributed by atoms with Crippen LogP contribution in [0.3, 0.4) is 0 Å². The predicted molar refractivity (Wildman–Crippen MR) is 145 cm³/mol. The number of hydrogen-bond donors (Lipinski definition) is 2. The second-order valence-electron chi connectivity index (χ2n) is 10.3. The molecular formula is C25H33F6N5O7S. The number of fused-ring (bicyclic) bond motifs is 1. The molecule has 2 aromatic rings. The van der Waals surface area contributed by atoms with E-state index in [4.69, 9.17) is 24.8 Å². The van der Waals surface area contributed by atoms with Gasteiger partial charge in [0.2, 0.25) is 10.0 Å². The summed E-state index contributed by atoms with van der Waals surface area (Å²) in [5.41, 5.74) is 1.17. The maximum Gasteiger partial charge on any atom is 0.490 e. The summed E-state index contributed by atoms with van der Waals surface area (Å²) in [5, 5.41) is 19.5. The Hall–Kier alpha value is -3.48. The van der Waals surface area contributed by atoms with Gasteiger partial charge in [0.1, 0.15) is 11.5 Å². The lowest BCUT2D eigenvalue weighted by Gasteiger charge is -2.30. The third-order valence-electron chi connectivity index (χ3n) is 6.78. The Labute approximate surface area is 248 Å². The maximum absolute atomic E-state index is 13.0. The second kappa shape index (κ2) is 15.0. The summed E-state index contributed by atoms with van der Waals surface area (Å²) >= 11 is 0. The Morgan fingerprint density at radius 3 is 1.91 bits per heavy atom. The molecule has 4 rings (SSSR count). The van der Waals surface area contributed by atoms with Crippen molar-refractivity contribution in [3.8, 4) is 0 Å². The van der Waals surface area contributed by atoms with Gasteiger partial charge in [0.15, 0.2) is 11.4 Å². The summed E-state index contributed by atoms with van der Waals surface area (Å²) in [7, 11) is -1.40. The Balaban J connectivity index is 0.000000402. The van der Waals surface area contributed by atoms with Gasteiger partial charge in [-0.05, 0) is 43.7 Å². The van der Waals surface area contributed by atoms with Crippen LogP contribution in [-0.4, -0.2) is 100 Å². The molecule has 2 aliphatic heterocycles. The minimum absolute atomic E-state index is 0.0300. The zero-order valence-corrected chi connectivity index (χ0v) is 24.7. The fourth-order valence-electron chi connectivity index (χ4n) is 4.66. The van der Waals surface area contributed by atoms with Gasteiger partial charge < -0.3 is 15.1 Å². The molecule has 0 bridgehead atoms. The van der Waals surface area contributed by atoms with Crippen LogP contribution in [0, 0.1) is 5.92 Å². The number of carboxylic acid groups (broad SMARTS) is 2. The molecular weight excluding hydrogens is 628 g/mol. The van der Waals surface area contributed by atoms with Gasteiger partial charge in [-0.3, -0.25) is 4.79 Å². The molecule has 2 N–H and O–H groups in total. The van der Waals surface area contributed by atoms with Crippen LogP contribution >= 0.6 is 0 Å². The molecule has 2 saturated heterocycles. The Morgan fingerprint density at radius 1 is 0.909 bits per heavy atom. The number of Topliss-reactive ketones (excluding diaryl/α,β-unsaturated/α-hetero) is 1. The van der Waals surface area contributed by atoms with Crippen LogP contribution < -0.4 is 4.90 Å². The lowest BCUT2D eigenvalue weighted by Crippen LogP contribution is -2.39. The van der Waals surface area contributed by atoms with Crippen molar-refractivity contribution in [2.24, 2.45) is 13.0 Å². The number of rotatable bonds is 5. The Morgan fingerprint density at radius 2 is 1.43 bits per heavy atom. The summed E-state index contributed by atoms with van der Waals surface area (Å²) in [6.07, 6.45) is -2.08. The number of anilines is 1. The third kappa shape index (κ3) is 10.9. The molecule has 12 nitrogen and oxygen atoms in total. The number of nitrogens with zero attached hydrogens (tertiary/aromatic N) is 5. The van der Waals surface area contributed by atoms with Gasteiger partial charge in [0.05, 0.1) is 11.6 Å². The summed E-state index contributed by atoms with van der Waals surface area (Å²) in [5.74, 6) is -4.57. The standard InChI is InChI=1S/C21H31N5O3S.2C2HF3O2/c1-24-21-17(9-10-19(22-21)25-11-5-3-4-6-12-25)20(23-24)18(27)14-16-8-7-13-26(15-16)30(2,28)29;2*3-2(4,5)1(6)7/h9-10,16H,3-8,11-15H2,1-2H3;2*(H,6,7). The molecule has 2 fully saturated rings. The zero-order valence-electron chi connectivity index (χ0n) is 23.9. The zero-order chi connectivity index (χ0) is 33.5. The van der Waals surface area contributed by atoms with E-state index in [1.54, 1.807) is 4.68 Å². The van der Waals surface area contributed by atoms with Crippen LogP contribution in [0.4, 0.5) is 32.2 Å². The van der Waals surface area contributed by atoms with Gasteiger partial charge in [-0.15, -0.1) is 0 Å². The molecule has 2 aliphatic rings. The number of alkyl halides is 6. The van der Waals surface area contributed by atoms with Crippen molar-refractivity contribution in [3.05, 3.63) is 17.8 Å². The van der Waals surface area contributed by atoms with Crippen LogP contribution in [0.2, 0.25) is 0 Å². The van der Waals surface area contributed by atoms with E-state index in [1.807, 2.05) is 19.2 Å². The number of aryl methyl sites for hydroxylation is 1. The van der Waals surface area contributed by atoms with Gasteiger partial charge in [0.25, 0.3) is 0 Å². The van der Waals surface area contributed by atoms with Crippen molar-refractivity contribution in [1.82, 2.24) is 19.1 Å². The van der Waals surface area contributed by atoms with Crippen molar-refractivity contribution in [2.75, 3.05) is 37.3 Å². The lowest BCUT2D eigenvalue weighted by atomic mass is 9.93. The van der Waals surface area contributed by atoms with Crippen LogP contribution in [0.15, 0.2) is 12.1 Å². The number of carbonyl (C=O) groups is 3. The number of aliphatic carboxylic acids is 2. The molecule has 1 unspecified atom stereocenters. The highest BCUT2D eigenvalue weighted by atomic mass is 32.2. The fourth-order valence-corrected chi connectivity index (χ4v) is 5.60. The first-order chi connectivity index (χ1) is 20.2. The van der Waals surface area contributed by atoms with Crippen LogP contribution in [-0.2, 0) is 26.7 Å². The fraction of sp³-hybridized carbons (Fsp3) is 0.640. The number of pyridine rings is 1. The van der Waals surface area contributed by atoms with E-state index in [0.29, 0.717) is 25.2 Å². The number of halogens is 6. The van der Waals surface area contributed by atoms with E-state index in [9.17, 15) is 39.6 Å². The van der Waals surface area contributed by atoms with Crippen LogP contribution in [0.25, 0.3) is 11.0 Å². The van der Waals surface area contributed by atoms with Crippen molar-refractivity contribution >= 4 is 44.6 Å². The molecule has 2 aromatic heterocycles. The van der Waals surface area contributed by atoms with Gasteiger partial charge in [-0.2, -0.15) is 31.4 Å². The highest BCUT2D eigenvalue weighted by Crippen LogP contribution is 2.27. The minimum atomic E-state index is -5.08. The average Bonchev–Trinajstić information content (AvgIpc) is 3.06. The van der Waals surface area contributed by atoms with E-state index >= 15 is 0 Å². The molecule has 1 atom stereocenters. The number of sulfonamides is 1. The van der Waals surface area contributed by atoms with Crippen LogP contribution in [0.5, 0.6) is 0 Å². The van der Waals surface area contributed by atoms with Gasteiger partial charge in [-0.25, -0.2) is 32.0 Å². The number of aromatic nitrogens is 3. The monoisotopic (exact) mass is 661 g/mol. The van der Waals surface area contributed by atoms with Crippen molar-refractivity contribution < 1.29 is 59.4 Å². The molecule has 44 heavy (non-hydrogen) atoms. The first kappa shape index (κ1) is 36.7. The highest BCUT2D eigenvalue weighted by molar-refractivity contribution is 7.88. The largest absolute Gasteiger partial charge is 0.490 e. The SMILES string of the molecule is Cn1nc(C(=O)CC2CCCN(S(C)(=O)=O)C2)c2ccc(N3CCCCCC3)nc21.O=C(O)C(F)(F)F.O=C(O)C(F)(F)F. The van der Waals surface area contributed by atoms with E-state index in [1.165, 1.54) is 36.2 Å². The molecule has 4 heterocycles. The van der Waals surface area contributed by atoms with Crippen molar-refractivity contribution in [1.29, 1.82) is 0 Å². The average molecular weight is 662 g/mol. The number of ketones is 1. The summed E-state index contributed by atoms with van der Waals surface area (Å²) < 4.78 is 90.4. The number of carbonyl (C=O) groups excluding carboxylic acids is 1. The molecule has 0 radical (unpaired) electrons. The Kier molecular flexibility index (Phi) is 12.5.